The van der Waals surface area contributed by atoms with Crippen LogP contribution in [0.5, 0.6) is 0 Å². The molecule has 0 aliphatic carbocycles. The van der Waals surface area contributed by atoms with Gasteiger partial charge in [0.25, 0.3) is 0 Å². The van der Waals surface area contributed by atoms with E-state index in [1.165, 1.54) is 0 Å². The Hall–Kier alpha value is -1.03. The van der Waals surface area contributed by atoms with E-state index >= 15 is 0 Å². The van der Waals surface area contributed by atoms with Gasteiger partial charge in [-0.05, 0) is 30.9 Å². The van der Waals surface area contributed by atoms with E-state index in [1.807, 2.05) is 13.8 Å². The van der Waals surface area contributed by atoms with E-state index in [-0.39, 0.29) is 10.8 Å². The number of carbonyl (C=O) groups excluding carboxylic acids is 1. The van der Waals surface area contributed by atoms with Crippen LogP contribution in [0.1, 0.15) is 36.8 Å². The van der Waals surface area contributed by atoms with Gasteiger partial charge in [-0.3, -0.25) is 0 Å². The van der Waals surface area contributed by atoms with E-state index in [0.717, 1.165) is 0 Å². The number of nitrogens with zero attached hydrogens (tertiary/aromatic N) is 1. The van der Waals surface area contributed by atoms with E-state index in [9.17, 15) is 4.79 Å². The van der Waals surface area contributed by atoms with Crippen molar-refractivity contribution < 1.29 is 14.1 Å². The molecule has 0 fully saturated rings. The quantitative estimate of drug-likeness (QED) is 0.748. The van der Waals surface area contributed by atoms with Crippen LogP contribution in [-0.2, 0) is 11.2 Å². The molecule has 84 valence electrons. The van der Waals surface area contributed by atoms with Gasteiger partial charge in [-0.15, -0.1) is 0 Å². The Kier molecular flexibility index (Phi) is 4.15. The standard InChI is InChI=1S/C10H14ClNO3/c1-4-14-10(13)8-7(5-6(2)3)12-15-9(8)11/h6H,4-5H2,1-3H3. The minimum atomic E-state index is -0.473. The van der Waals surface area contributed by atoms with E-state index in [0.29, 0.717) is 24.6 Å². The van der Waals surface area contributed by atoms with Gasteiger partial charge in [0, 0.05) is 0 Å². The molecule has 0 amide bonds. The highest BCUT2D eigenvalue weighted by molar-refractivity contribution is 6.31. The first-order valence-electron chi connectivity index (χ1n) is 4.87. The number of rotatable bonds is 4. The summed E-state index contributed by atoms with van der Waals surface area (Å²) >= 11 is 5.73. The lowest BCUT2D eigenvalue weighted by Gasteiger charge is -2.03. The highest BCUT2D eigenvalue weighted by Crippen LogP contribution is 2.22. The fourth-order valence-corrected chi connectivity index (χ4v) is 1.45. The number of hydrogen-bond acceptors (Lipinski definition) is 4. The van der Waals surface area contributed by atoms with Crippen molar-refractivity contribution in [3.8, 4) is 0 Å². The summed E-state index contributed by atoms with van der Waals surface area (Å²) in [6.45, 7) is 6.10. The van der Waals surface area contributed by atoms with Gasteiger partial charge in [0.15, 0.2) is 0 Å². The zero-order valence-electron chi connectivity index (χ0n) is 9.04. The van der Waals surface area contributed by atoms with Gasteiger partial charge in [-0.1, -0.05) is 19.0 Å². The number of aromatic nitrogens is 1. The van der Waals surface area contributed by atoms with Crippen molar-refractivity contribution in [1.29, 1.82) is 0 Å². The smallest absolute Gasteiger partial charge is 0.345 e. The molecule has 0 spiro atoms. The predicted octanol–water partition coefficient (Wildman–Crippen LogP) is 2.70. The summed E-state index contributed by atoms with van der Waals surface area (Å²) < 4.78 is 9.64. The Labute approximate surface area is 93.5 Å². The van der Waals surface area contributed by atoms with Gasteiger partial charge in [0.1, 0.15) is 11.3 Å². The van der Waals surface area contributed by atoms with Crippen LogP contribution in [0, 0.1) is 5.92 Å². The van der Waals surface area contributed by atoms with E-state index < -0.39 is 5.97 Å². The summed E-state index contributed by atoms with van der Waals surface area (Å²) in [4.78, 5) is 11.5. The van der Waals surface area contributed by atoms with Gasteiger partial charge in [-0.25, -0.2) is 4.79 Å². The van der Waals surface area contributed by atoms with Crippen LogP contribution in [0.3, 0.4) is 0 Å². The molecule has 4 nitrogen and oxygen atoms in total. The van der Waals surface area contributed by atoms with Crippen LogP contribution < -0.4 is 0 Å². The largest absolute Gasteiger partial charge is 0.462 e. The molecule has 0 unspecified atom stereocenters. The molecule has 1 aromatic heterocycles. The molecule has 0 aliphatic heterocycles. The van der Waals surface area contributed by atoms with Crippen molar-refractivity contribution in [1.82, 2.24) is 5.16 Å². The minimum absolute atomic E-state index is 0.00380. The molecule has 1 rings (SSSR count). The van der Waals surface area contributed by atoms with Crippen molar-refractivity contribution in [2.45, 2.75) is 27.2 Å². The number of hydrogen-bond donors (Lipinski definition) is 0. The maximum Gasteiger partial charge on any atom is 0.345 e. The molecule has 15 heavy (non-hydrogen) atoms. The molecule has 1 heterocycles. The fraction of sp³-hybridized carbons (Fsp3) is 0.600. The summed E-state index contributed by atoms with van der Waals surface area (Å²) in [5.41, 5.74) is 0.820. The van der Waals surface area contributed by atoms with Crippen LogP contribution in [-0.4, -0.2) is 17.7 Å². The molecular weight excluding hydrogens is 218 g/mol. The topological polar surface area (TPSA) is 52.3 Å². The molecule has 0 saturated heterocycles. The second-order valence-electron chi connectivity index (χ2n) is 3.60. The Balaban J connectivity index is 2.93. The number of esters is 1. The van der Waals surface area contributed by atoms with Crippen LogP contribution in [0.25, 0.3) is 0 Å². The summed E-state index contributed by atoms with van der Waals surface area (Å²) in [7, 11) is 0. The average molecular weight is 232 g/mol. The van der Waals surface area contributed by atoms with Crippen molar-refractivity contribution in [2.75, 3.05) is 6.61 Å². The number of carbonyl (C=O) groups is 1. The minimum Gasteiger partial charge on any atom is -0.462 e. The SMILES string of the molecule is CCOC(=O)c1c(CC(C)C)noc1Cl. The normalized spacial score (nSPS) is 10.7. The molecule has 0 aliphatic rings. The Morgan fingerprint density at radius 3 is 2.80 bits per heavy atom. The van der Waals surface area contributed by atoms with Crippen LogP contribution in [0.2, 0.25) is 5.22 Å². The van der Waals surface area contributed by atoms with Gasteiger partial charge >= 0.3 is 5.97 Å². The zero-order valence-corrected chi connectivity index (χ0v) is 9.80. The maximum absolute atomic E-state index is 11.5. The van der Waals surface area contributed by atoms with E-state index in [1.54, 1.807) is 6.92 Å². The average Bonchev–Trinajstić information content (AvgIpc) is 2.46. The van der Waals surface area contributed by atoms with Gasteiger partial charge < -0.3 is 9.26 Å². The molecule has 0 aromatic carbocycles. The second-order valence-corrected chi connectivity index (χ2v) is 3.94. The Morgan fingerprint density at radius 1 is 1.60 bits per heavy atom. The zero-order chi connectivity index (χ0) is 11.4. The maximum atomic E-state index is 11.5. The third-order valence-electron chi connectivity index (χ3n) is 1.80. The lowest BCUT2D eigenvalue weighted by molar-refractivity contribution is 0.0524. The summed E-state index contributed by atoms with van der Waals surface area (Å²) in [6.07, 6.45) is 0.643. The van der Waals surface area contributed by atoms with Crippen molar-refractivity contribution in [2.24, 2.45) is 5.92 Å². The van der Waals surface area contributed by atoms with Crippen molar-refractivity contribution in [3.63, 3.8) is 0 Å². The van der Waals surface area contributed by atoms with E-state index in [4.69, 9.17) is 20.9 Å². The third-order valence-corrected chi connectivity index (χ3v) is 2.06. The summed E-state index contributed by atoms with van der Waals surface area (Å²) in [5.74, 6) is -0.0984. The highest BCUT2D eigenvalue weighted by Gasteiger charge is 2.23. The monoisotopic (exact) mass is 231 g/mol. The predicted molar refractivity (Wildman–Crippen MR) is 56.0 cm³/mol. The van der Waals surface area contributed by atoms with Crippen LogP contribution in [0.4, 0.5) is 0 Å². The highest BCUT2D eigenvalue weighted by atomic mass is 35.5. The Morgan fingerprint density at radius 2 is 2.27 bits per heavy atom. The first-order valence-corrected chi connectivity index (χ1v) is 5.25. The third kappa shape index (κ3) is 2.96. The number of ether oxygens (including phenoxy) is 1. The summed E-state index contributed by atoms with van der Waals surface area (Å²) in [6, 6.07) is 0. The second kappa shape index (κ2) is 5.16. The van der Waals surface area contributed by atoms with E-state index in [2.05, 4.69) is 5.16 Å². The first-order chi connectivity index (χ1) is 7.06. The van der Waals surface area contributed by atoms with Crippen LogP contribution >= 0.6 is 11.6 Å². The molecule has 0 N–H and O–H groups in total. The van der Waals surface area contributed by atoms with Crippen molar-refractivity contribution in [3.05, 3.63) is 16.5 Å². The van der Waals surface area contributed by atoms with Crippen molar-refractivity contribution >= 4 is 17.6 Å². The number of halogens is 1. The molecule has 0 radical (unpaired) electrons. The molecule has 0 saturated carbocycles. The van der Waals surface area contributed by atoms with Gasteiger partial charge in [0.05, 0.1) is 6.61 Å². The summed E-state index contributed by atoms with van der Waals surface area (Å²) in [5, 5.41) is 3.76. The molecule has 0 bridgehead atoms. The molecular formula is C10H14ClNO3. The fourth-order valence-electron chi connectivity index (χ4n) is 1.23. The molecule has 0 atom stereocenters. The molecule has 5 heteroatoms. The van der Waals surface area contributed by atoms with Crippen LogP contribution in [0.15, 0.2) is 4.52 Å². The lowest BCUT2D eigenvalue weighted by atomic mass is 10.1. The Bertz CT molecular complexity index is 346. The first kappa shape index (κ1) is 12.0. The molecule has 1 aromatic rings. The van der Waals surface area contributed by atoms with Gasteiger partial charge in [-0.2, -0.15) is 0 Å². The lowest BCUT2D eigenvalue weighted by Crippen LogP contribution is -2.08. The van der Waals surface area contributed by atoms with Gasteiger partial charge in [0.2, 0.25) is 5.22 Å².